The Hall–Kier alpha value is -1.01. The topological polar surface area (TPSA) is 65.4 Å². The third kappa shape index (κ3) is 4.23. The third-order valence-electron chi connectivity index (χ3n) is 3.75. The van der Waals surface area contributed by atoms with E-state index in [1.165, 1.54) is 25.1 Å². The van der Waals surface area contributed by atoms with E-state index in [1.54, 1.807) is 4.57 Å². The quantitative estimate of drug-likeness (QED) is 0.592. The number of nitrogens with zero attached hydrogens (tertiary/aromatic N) is 1. The van der Waals surface area contributed by atoms with Gasteiger partial charge in [-0.05, 0) is 31.2 Å². The van der Waals surface area contributed by atoms with Gasteiger partial charge in [-0.3, -0.25) is 0 Å². The Kier molecular flexibility index (Phi) is 5.32. The van der Waals surface area contributed by atoms with Gasteiger partial charge >= 0.3 is 5.97 Å². The predicted molar refractivity (Wildman–Crippen MR) is 80.0 cm³/mol. The van der Waals surface area contributed by atoms with Crippen molar-refractivity contribution in [1.82, 2.24) is 4.57 Å². The molecule has 0 amide bonds. The molecule has 1 fully saturated rings. The second-order valence-electron chi connectivity index (χ2n) is 5.44. The van der Waals surface area contributed by atoms with Crippen LogP contribution in [-0.2, 0) is 20.3 Å². The van der Waals surface area contributed by atoms with Gasteiger partial charge in [-0.15, -0.1) is 0 Å². The summed E-state index contributed by atoms with van der Waals surface area (Å²) in [6.45, 7) is 2.89. The maximum Gasteiger partial charge on any atom is 0.354 e. The van der Waals surface area contributed by atoms with Gasteiger partial charge < -0.3 is 9.30 Å². The number of carbonyl (C=O) groups excluding carboxylic acids is 1. The summed E-state index contributed by atoms with van der Waals surface area (Å²) in [5, 5.41) is 0. The van der Waals surface area contributed by atoms with Crippen molar-refractivity contribution in [1.29, 1.82) is 0 Å². The minimum absolute atomic E-state index is 0.0644. The van der Waals surface area contributed by atoms with E-state index in [-0.39, 0.29) is 10.6 Å². The molecule has 0 spiro atoms. The Bertz CT molecular complexity index is 602. The number of hydrogen-bond acceptors (Lipinski definition) is 4. The van der Waals surface area contributed by atoms with Crippen LogP contribution >= 0.6 is 10.7 Å². The van der Waals surface area contributed by atoms with Gasteiger partial charge in [-0.25, -0.2) is 13.2 Å². The van der Waals surface area contributed by atoms with Crippen LogP contribution in [0.2, 0.25) is 0 Å². The van der Waals surface area contributed by atoms with Crippen molar-refractivity contribution in [3.63, 3.8) is 0 Å². The summed E-state index contributed by atoms with van der Waals surface area (Å²) in [5.41, 5.74) is 0.245. The van der Waals surface area contributed by atoms with E-state index in [1.807, 2.05) is 6.92 Å². The molecule has 21 heavy (non-hydrogen) atoms. The van der Waals surface area contributed by atoms with Crippen molar-refractivity contribution >= 4 is 25.7 Å². The van der Waals surface area contributed by atoms with Crippen molar-refractivity contribution in [2.75, 3.05) is 6.61 Å². The van der Waals surface area contributed by atoms with Gasteiger partial charge in [0.2, 0.25) is 0 Å². The van der Waals surface area contributed by atoms with Crippen LogP contribution < -0.4 is 0 Å². The van der Waals surface area contributed by atoms with Crippen LogP contribution in [-0.4, -0.2) is 25.6 Å². The summed E-state index contributed by atoms with van der Waals surface area (Å²) in [6.07, 6.45) is 6.71. The van der Waals surface area contributed by atoms with Crippen molar-refractivity contribution in [2.24, 2.45) is 5.92 Å². The lowest BCUT2D eigenvalue weighted by Crippen LogP contribution is -2.15. The molecule has 0 N–H and O–H groups in total. The van der Waals surface area contributed by atoms with Crippen molar-refractivity contribution < 1.29 is 17.9 Å². The van der Waals surface area contributed by atoms with Gasteiger partial charge in [0.1, 0.15) is 10.6 Å². The van der Waals surface area contributed by atoms with Gasteiger partial charge in [0.15, 0.2) is 0 Å². The first-order valence-corrected chi connectivity index (χ1v) is 9.54. The maximum atomic E-state index is 12.2. The van der Waals surface area contributed by atoms with E-state index in [9.17, 15) is 13.2 Å². The highest BCUT2D eigenvalue weighted by Gasteiger charge is 2.22. The summed E-state index contributed by atoms with van der Waals surface area (Å²) in [6, 6.07) is 1.29. The van der Waals surface area contributed by atoms with E-state index >= 15 is 0 Å². The Morgan fingerprint density at radius 2 is 2.10 bits per heavy atom. The number of carbonyl (C=O) groups is 1. The Morgan fingerprint density at radius 3 is 2.67 bits per heavy atom. The minimum Gasteiger partial charge on any atom is -0.461 e. The molecule has 0 unspecified atom stereocenters. The fourth-order valence-corrected chi connectivity index (χ4v) is 3.42. The third-order valence-corrected chi connectivity index (χ3v) is 5.07. The lowest BCUT2D eigenvalue weighted by molar-refractivity contribution is 0.0430. The first kappa shape index (κ1) is 16.4. The molecule has 0 radical (unpaired) electrons. The fourth-order valence-electron chi connectivity index (χ4n) is 2.66. The van der Waals surface area contributed by atoms with E-state index in [0.717, 1.165) is 19.3 Å². The van der Waals surface area contributed by atoms with Gasteiger partial charge in [-0.2, -0.15) is 0 Å². The SMILES string of the molecule is CCCn1cc(S(=O)(=O)Cl)cc1C(=O)OCC1CCCC1. The van der Waals surface area contributed by atoms with Gasteiger partial charge in [0.05, 0.1) is 6.61 Å². The minimum atomic E-state index is -3.84. The molecule has 1 aliphatic carbocycles. The summed E-state index contributed by atoms with van der Waals surface area (Å²) >= 11 is 0. The second kappa shape index (κ2) is 6.83. The van der Waals surface area contributed by atoms with Crippen molar-refractivity contribution in [3.8, 4) is 0 Å². The van der Waals surface area contributed by atoms with E-state index in [0.29, 0.717) is 19.1 Å². The van der Waals surface area contributed by atoms with Crippen LogP contribution in [0.15, 0.2) is 17.2 Å². The van der Waals surface area contributed by atoms with Gasteiger partial charge in [0, 0.05) is 23.4 Å². The molecule has 0 atom stereocenters. The van der Waals surface area contributed by atoms with Crippen LogP contribution in [0.5, 0.6) is 0 Å². The number of esters is 1. The Balaban J connectivity index is 2.12. The lowest BCUT2D eigenvalue weighted by Gasteiger charge is -2.11. The molecule has 0 saturated heterocycles. The maximum absolute atomic E-state index is 12.2. The number of ether oxygens (including phenoxy) is 1. The molecular weight excluding hydrogens is 314 g/mol. The van der Waals surface area contributed by atoms with E-state index < -0.39 is 15.0 Å². The Labute approximate surface area is 129 Å². The fraction of sp³-hybridized carbons (Fsp3) is 0.643. The number of aryl methyl sites for hydroxylation is 1. The molecule has 7 heteroatoms. The molecule has 1 heterocycles. The zero-order chi connectivity index (χ0) is 15.5. The standard InChI is InChI=1S/C14H20ClNO4S/c1-2-7-16-9-12(21(15,18)19)8-13(16)14(17)20-10-11-5-3-4-6-11/h8-9,11H,2-7,10H2,1H3. The molecule has 1 aromatic heterocycles. The molecular formula is C14H20ClNO4S. The van der Waals surface area contributed by atoms with Crippen LogP contribution in [0.3, 0.4) is 0 Å². The van der Waals surface area contributed by atoms with Crippen LogP contribution in [0.25, 0.3) is 0 Å². The largest absolute Gasteiger partial charge is 0.461 e. The average Bonchev–Trinajstić information content (AvgIpc) is 3.04. The number of aromatic nitrogens is 1. The summed E-state index contributed by atoms with van der Waals surface area (Å²) in [4.78, 5) is 12.1. The highest BCUT2D eigenvalue weighted by Crippen LogP contribution is 2.25. The normalized spacial score (nSPS) is 16.3. The number of hydrogen-bond donors (Lipinski definition) is 0. The summed E-state index contributed by atoms with van der Waals surface area (Å²) in [5.74, 6) is -0.0540. The van der Waals surface area contributed by atoms with Crippen LogP contribution in [0, 0.1) is 5.92 Å². The average molecular weight is 334 g/mol. The highest BCUT2D eigenvalue weighted by molar-refractivity contribution is 8.13. The number of halogens is 1. The number of rotatable bonds is 6. The molecule has 5 nitrogen and oxygen atoms in total. The molecule has 118 valence electrons. The van der Waals surface area contributed by atoms with Gasteiger partial charge in [0.25, 0.3) is 9.05 Å². The summed E-state index contributed by atoms with van der Waals surface area (Å²) in [7, 11) is 1.49. The first-order valence-electron chi connectivity index (χ1n) is 7.23. The van der Waals surface area contributed by atoms with Crippen LogP contribution in [0.4, 0.5) is 0 Å². The molecule has 0 aromatic carbocycles. The Morgan fingerprint density at radius 1 is 1.43 bits per heavy atom. The van der Waals surface area contributed by atoms with Crippen molar-refractivity contribution in [3.05, 3.63) is 18.0 Å². The van der Waals surface area contributed by atoms with E-state index in [4.69, 9.17) is 15.4 Å². The molecule has 0 aliphatic heterocycles. The zero-order valence-corrected chi connectivity index (χ0v) is 13.6. The zero-order valence-electron chi connectivity index (χ0n) is 12.0. The molecule has 1 aromatic rings. The molecule has 1 saturated carbocycles. The lowest BCUT2D eigenvalue weighted by atomic mass is 10.1. The second-order valence-corrected chi connectivity index (χ2v) is 8.01. The summed E-state index contributed by atoms with van der Waals surface area (Å²) < 4.78 is 29.7. The monoisotopic (exact) mass is 333 g/mol. The van der Waals surface area contributed by atoms with Gasteiger partial charge in [-0.1, -0.05) is 19.8 Å². The first-order chi connectivity index (χ1) is 9.91. The smallest absolute Gasteiger partial charge is 0.354 e. The van der Waals surface area contributed by atoms with Crippen molar-refractivity contribution in [2.45, 2.75) is 50.5 Å². The molecule has 1 aliphatic rings. The molecule has 0 bridgehead atoms. The highest BCUT2D eigenvalue weighted by atomic mass is 35.7. The van der Waals surface area contributed by atoms with E-state index in [2.05, 4.69) is 0 Å². The predicted octanol–water partition coefficient (Wildman–Crippen LogP) is 3.17. The molecule has 2 rings (SSSR count). The van der Waals surface area contributed by atoms with Crippen LogP contribution in [0.1, 0.15) is 49.5 Å².